The molecule has 5 heteroatoms. The average molecular weight is 396 g/mol. The number of hydrogen-bond acceptors (Lipinski definition) is 4. The van der Waals surface area contributed by atoms with Gasteiger partial charge in [-0.1, -0.05) is 36.4 Å². The van der Waals surface area contributed by atoms with Crippen LogP contribution in [0.25, 0.3) is 22.5 Å². The zero-order valence-electron chi connectivity index (χ0n) is 16.7. The summed E-state index contributed by atoms with van der Waals surface area (Å²) in [4.78, 5) is 9.11. The summed E-state index contributed by atoms with van der Waals surface area (Å²) in [6, 6.07) is 25.0. The number of nitrogens with zero attached hydrogens (tertiary/aromatic N) is 3. The van der Waals surface area contributed by atoms with Crippen molar-refractivity contribution >= 4 is 0 Å². The highest BCUT2D eigenvalue weighted by Crippen LogP contribution is 2.35. The van der Waals surface area contributed by atoms with E-state index in [0.29, 0.717) is 12.6 Å². The van der Waals surface area contributed by atoms with Crippen LogP contribution in [0.4, 0.5) is 0 Å². The minimum absolute atomic E-state index is 0.421. The highest BCUT2D eigenvalue weighted by atomic mass is 16.5. The number of pyridine rings is 1. The molecule has 1 aliphatic rings. The molecule has 2 aromatic carbocycles. The molecule has 1 fully saturated rings. The molecule has 3 heterocycles. The molecule has 0 spiro atoms. The van der Waals surface area contributed by atoms with Crippen molar-refractivity contribution in [3.8, 4) is 28.3 Å². The van der Waals surface area contributed by atoms with Crippen molar-refractivity contribution in [2.75, 3.05) is 13.1 Å². The van der Waals surface area contributed by atoms with Gasteiger partial charge in [-0.15, -0.1) is 0 Å². The number of hydrogen-bond donors (Lipinski definition) is 1. The maximum atomic E-state index is 5.91. The van der Waals surface area contributed by atoms with E-state index in [1.165, 1.54) is 0 Å². The lowest BCUT2D eigenvalue weighted by Gasteiger charge is -2.16. The van der Waals surface area contributed by atoms with Crippen molar-refractivity contribution in [1.29, 1.82) is 0 Å². The fourth-order valence-electron chi connectivity index (χ4n) is 3.96. The zero-order chi connectivity index (χ0) is 20.2. The van der Waals surface area contributed by atoms with Crippen LogP contribution >= 0.6 is 0 Å². The van der Waals surface area contributed by atoms with E-state index in [9.17, 15) is 0 Å². The summed E-state index contributed by atoms with van der Waals surface area (Å²) in [6.07, 6.45) is 4.88. The maximum absolute atomic E-state index is 5.91. The molecule has 0 saturated carbocycles. The minimum atomic E-state index is 0.421. The molecule has 0 radical (unpaired) electrons. The highest BCUT2D eigenvalue weighted by molar-refractivity contribution is 5.79. The Morgan fingerprint density at radius 2 is 1.73 bits per heavy atom. The topological polar surface area (TPSA) is 52.0 Å². The van der Waals surface area contributed by atoms with Crippen LogP contribution in [0.3, 0.4) is 0 Å². The Balaban J connectivity index is 1.45. The highest BCUT2D eigenvalue weighted by Gasteiger charge is 2.23. The van der Waals surface area contributed by atoms with Gasteiger partial charge in [-0.05, 0) is 49.4 Å². The van der Waals surface area contributed by atoms with Gasteiger partial charge < -0.3 is 14.6 Å². The average Bonchev–Trinajstić information content (AvgIpc) is 3.49. The Kier molecular flexibility index (Phi) is 5.27. The second-order valence-electron chi connectivity index (χ2n) is 7.50. The van der Waals surface area contributed by atoms with E-state index in [2.05, 4.69) is 51.3 Å². The molecule has 150 valence electrons. The summed E-state index contributed by atoms with van der Waals surface area (Å²) < 4.78 is 8.24. The summed E-state index contributed by atoms with van der Waals surface area (Å²) in [5, 5.41) is 3.47. The van der Waals surface area contributed by atoms with E-state index in [-0.39, 0.29) is 0 Å². The third-order valence-electron chi connectivity index (χ3n) is 5.51. The molecule has 1 atom stereocenters. The summed E-state index contributed by atoms with van der Waals surface area (Å²) in [6.45, 7) is 2.48. The number of aromatic nitrogens is 3. The van der Waals surface area contributed by atoms with Gasteiger partial charge in [0.15, 0.2) is 0 Å². The number of benzene rings is 2. The second-order valence-corrected chi connectivity index (χ2v) is 7.50. The Morgan fingerprint density at radius 1 is 0.900 bits per heavy atom. The van der Waals surface area contributed by atoms with Crippen LogP contribution in [0.2, 0.25) is 0 Å². The molecular formula is C25H24N4O. The smallest absolute Gasteiger partial charge is 0.130 e. The van der Waals surface area contributed by atoms with Gasteiger partial charge in [0.05, 0.1) is 23.4 Å². The van der Waals surface area contributed by atoms with Crippen LogP contribution in [0.15, 0.2) is 85.3 Å². The van der Waals surface area contributed by atoms with Gasteiger partial charge in [-0.3, -0.25) is 4.98 Å². The van der Waals surface area contributed by atoms with Crippen LogP contribution < -0.4 is 10.1 Å². The number of ether oxygens (including phenoxy) is 1. The first-order chi connectivity index (χ1) is 14.9. The van der Waals surface area contributed by atoms with E-state index in [1.807, 2.05) is 42.7 Å². The van der Waals surface area contributed by atoms with E-state index in [4.69, 9.17) is 9.72 Å². The van der Waals surface area contributed by atoms with Crippen molar-refractivity contribution in [2.45, 2.75) is 19.1 Å². The van der Waals surface area contributed by atoms with E-state index in [1.54, 1.807) is 6.20 Å². The summed E-state index contributed by atoms with van der Waals surface area (Å²) in [7, 11) is 0. The molecule has 5 nitrogen and oxygen atoms in total. The van der Waals surface area contributed by atoms with Crippen LogP contribution in [0.1, 0.15) is 18.2 Å². The molecule has 1 saturated heterocycles. The maximum Gasteiger partial charge on any atom is 0.130 e. The van der Waals surface area contributed by atoms with Gasteiger partial charge >= 0.3 is 0 Å². The minimum Gasteiger partial charge on any atom is -0.487 e. The summed E-state index contributed by atoms with van der Waals surface area (Å²) >= 11 is 0. The largest absolute Gasteiger partial charge is 0.487 e. The van der Waals surface area contributed by atoms with Gasteiger partial charge in [0.25, 0.3) is 0 Å². The quantitative estimate of drug-likeness (QED) is 0.512. The van der Waals surface area contributed by atoms with Crippen LogP contribution in [-0.4, -0.2) is 27.6 Å². The number of rotatable bonds is 6. The van der Waals surface area contributed by atoms with Crippen LogP contribution in [0.5, 0.6) is 5.75 Å². The SMILES string of the molecule is c1ccc(-c2ncn(C3CCNC3)c2-c2ccc(OCc3ccccn3)cc2)cc1. The third-order valence-corrected chi connectivity index (χ3v) is 5.51. The first kappa shape index (κ1) is 18.6. The van der Waals surface area contributed by atoms with Crippen molar-refractivity contribution in [2.24, 2.45) is 0 Å². The van der Waals surface area contributed by atoms with Crippen molar-refractivity contribution in [3.63, 3.8) is 0 Å². The van der Waals surface area contributed by atoms with Crippen molar-refractivity contribution in [1.82, 2.24) is 19.9 Å². The van der Waals surface area contributed by atoms with Crippen molar-refractivity contribution in [3.05, 3.63) is 91.0 Å². The number of imidazole rings is 1. The molecule has 0 amide bonds. The summed E-state index contributed by atoms with van der Waals surface area (Å²) in [5.74, 6) is 0.833. The lowest BCUT2D eigenvalue weighted by molar-refractivity contribution is 0.301. The Hall–Kier alpha value is -3.44. The molecule has 0 bridgehead atoms. The van der Waals surface area contributed by atoms with E-state index >= 15 is 0 Å². The predicted octanol–water partition coefficient (Wildman–Crippen LogP) is 4.73. The fourth-order valence-corrected chi connectivity index (χ4v) is 3.96. The molecule has 1 aliphatic heterocycles. The van der Waals surface area contributed by atoms with Gasteiger partial charge in [-0.25, -0.2) is 4.98 Å². The molecule has 5 rings (SSSR count). The normalized spacial score (nSPS) is 15.9. The molecule has 30 heavy (non-hydrogen) atoms. The number of nitrogens with one attached hydrogen (secondary N) is 1. The Labute approximate surface area is 176 Å². The monoisotopic (exact) mass is 396 g/mol. The van der Waals surface area contributed by atoms with Crippen molar-refractivity contribution < 1.29 is 4.74 Å². The molecule has 2 aromatic heterocycles. The van der Waals surface area contributed by atoms with Gasteiger partial charge in [-0.2, -0.15) is 0 Å². The van der Waals surface area contributed by atoms with Gasteiger partial charge in [0.1, 0.15) is 12.4 Å². The van der Waals surface area contributed by atoms with Crippen LogP contribution in [-0.2, 0) is 6.61 Å². The molecular weight excluding hydrogens is 372 g/mol. The molecule has 0 aliphatic carbocycles. The third kappa shape index (κ3) is 3.84. The lowest BCUT2D eigenvalue weighted by Crippen LogP contribution is -2.13. The lowest BCUT2D eigenvalue weighted by atomic mass is 10.0. The fraction of sp³-hybridized carbons (Fsp3) is 0.200. The summed E-state index contributed by atoms with van der Waals surface area (Å²) in [5.41, 5.74) is 5.37. The van der Waals surface area contributed by atoms with Gasteiger partial charge in [0.2, 0.25) is 0 Å². The van der Waals surface area contributed by atoms with Gasteiger partial charge in [0, 0.05) is 29.9 Å². The molecule has 4 aromatic rings. The Morgan fingerprint density at radius 3 is 2.47 bits per heavy atom. The standard InChI is InChI=1S/C25H24N4O/c1-2-6-19(7-3-1)24-25(29(18-28-24)22-13-15-26-16-22)20-9-11-23(12-10-20)30-17-21-8-4-5-14-27-21/h1-12,14,18,22,26H,13,15-17H2. The first-order valence-corrected chi connectivity index (χ1v) is 10.3. The predicted molar refractivity (Wildman–Crippen MR) is 118 cm³/mol. The Bertz CT molecular complexity index is 1090. The van der Waals surface area contributed by atoms with Crippen LogP contribution in [0, 0.1) is 0 Å². The molecule has 1 N–H and O–H groups in total. The second kappa shape index (κ2) is 8.51. The first-order valence-electron chi connectivity index (χ1n) is 10.3. The molecule has 1 unspecified atom stereocenters. The van der Waals surface area contributed by atoms with E-state index < -0.39 is 0 Å². The van der Waals surface area contributed by atoms with E-state index in [0.717, 1.165) is 53.5 Å². The zero-order valence-corrected chi connectivity index (χ0v) is 16.7.